The third-order valence-corrected chi connectivity index (χ3v) is 5.47. The SMILES string of the molecule is O=C(Cc1ccsc1)N1CCC(N2C(=O)CSC2=O)CC1. The summed E-state index contributed by atoms with van der Waals surface area (Å²) in [6.45, 7) is 1.24. The Morgan fingerprint density at radius 1 is 1.29 bits per heavy atom. The monoisotopic (exact) mass is 324 g/mol. The average Bonchev–Trinajstić information content (AvgIpc) is 3.09. The molecule has 0 saturated carbocycles. The van der Waals surface area contributed by atoms with Gasteiger partial charge < -0.3 is 4.90 Å². The van der Waals surface area contributed by atoms with Crippen molar-refractivity contribution in [3.05, 3.63) is 22.4 Å². The second-order valence-corrected chi connectivity index (χ2v) is 6.95. The Morgan fingerprint density at radius 2 is 2.05 bits per heavy atom. The molecule has 0 aromatic carbocycles. The molecule has 2 fully saturated rings. The highest BCUT2D eigenvalue weighted by atomic mass is 32.2. The Bertz CT molecular complexity index is 535. The van der Waals surface area contributed by atoms with Crippen molar-refractivity contribution in [2.75, 3.05) is 18.8 Å². The van der Waals surface area contributed by atoms with E-state index in [0.717, 1.165) is 17.3 Å². The predicted molar refractivity (Wildman–Crippen MR) is 82.3 cm³/mol. The molecule has 0 N–H and O–H groups in total. The van der Waals surface area contributed by atoms with Crippen LogP contribution in [-0.2, 0) is 16.0 Å². The van der Waals surface area contributed by atoms with E-state index in [1.807, 2.05) is 21.7 Å². The molecule has 3 amide bonds. The molecule has 7 heteroatoms. The first-order valence-corrected chi connectivity index (χ1v) is 8.85. The molecule has 0 radical (unpaired) electrons. The minimum absolute atomic E-state index is 0.0369. The van der Waals surface area contributed by atoms with Gasteiger partial charge in [-0.15, -0.1) is 0 Å². The minimum atomic E-state index is -0.136. The van der Waals surface area contributed by atoms with Crippen LogP contribution >= 0.6 is 23.1 Å². The van der Waals surface area contributed by atoms with E-state index in [9.17, 15) is 14.4 Å². The smallest absolute Gasteiger partial charge is 0.289 e. The lowest BCUT2D eigenvalue weighted by Crippen LogP contribution is -2.48. The Kier molecular flexibility index (Phi) is 4.30. The molecule has 21 heavy (non-hydrogen) atoms. The number of thioether (sulfide) groups is 1. The lowest BCUT2D eigenvalue weighted by Gasteiger charge is -2.35. The Balaban J connectivity index is 1.54. The zero-order chi connectivity index (χ0) is 14.8. The van der Waals surface area contributed by atoms with Crippen molar-refractivity contribution in [3.8, 4) is 0 Å². The molecular weight excluding hydrogens is 308 g/mol. The van der Waals surface area contributed by atoms with Crippen LogP contribution in [0.2, 0.25) is 0 Å². The lowest BCUT2D eigenvalue weighted by atomic mass is 10.0. The van der Waals surface area contributed by atoms with Crippen molar-refractivity contribution in [1.29, 1.82) is 0 Å². The van der Waals surface area contributed by atoms with Gasteiger partial charge in [0.2, 0.25) is 11.8 Å². The van der Waals surface area contributed by atoms with Crippen molar-refractivity contribution in [1.82, 2.24) is 9.80 Å². The third kappa shape index (κ3) is 3.13. The van der Waals surface area contributed by atoms with Crippen molar-refractivity contribution >= 4 is 40.2 Å². The highest BCUT2D eigenvalue weighted by Crippen LogP contribution is 2.26. The summed E-state index contributed by atoms with van der Waals surface area (Å²) < 4.78 is 0. The van der Waals surface area contributed by atoms with E-state index < -0.39 is 0 Å². The van der Waals surface area contributed by atoms with E-state index >= 15 is 0 Å². The van der Waals surface area contributed by atoms with E-state index in [-0.39, 0.29) is 28.8 Å². The van der Waals surface area contributed by atoms with Gasteiger partial charge in [-0.25, -0.2) is 0 Å². The Labute approximate surface area is 131 Å². The molecule has 2 saturated heterocycles. The summed E-state index contributed by atoms with van der Waals surface area (Å²) in [6, 6.07) is 1.93. The van der Waals surface area contributed by atoms with E-state index in [4.69, 9.17) is 0 Å². The van der Waals surface area contributed by atoms with Gasteiger partial charge in [0.1, 0.15) is 0 Å². The second kappa shape index (κ2) is 6.19. The highest BCUT2D eigenvalue weighted by molar-refractivity contribution is 8.14. The average molecular weight is 324 g/mol. The summed E-state index contributed by atoms with van der Waals surface area (Å²) in [4.78, 5) is 38.9. The number of hydrogen-bond acceptors (Lipinski definition) is 5. The van der Waals surface area contributed by atoms with Crippen molar-refractivity contribution in [2.24, 2.45) is 0 Å². The number of likely N-dealkylation sites (tertiary alicyclic amines) is 1. The molecule has 0 bridgehead atoms. The number of nitrogens with zero attached hydrogens (tertiary/aromatic N) is 2. The number of imide groups is 1. The maximum Gasteiger partial charge on any atom is 0.289 e. The van der Waals surface area contributed by atoms with Gasteiger partial charge in [-0.05, 0) is 35.2 Å². The standard InChI is InChI=1S/C14H16N2O3S2/c17-12(7-10-3-6-20-8-10)15-4-1-11(2-5-15)16-13(18)9-21-14(16)19/h3,6,8,11H,1-2,4-5,7,9H2. The van der Waals surface area contributed by atoms with Gasteiger partial charge in [0.05, 0.1) is 12.2 Å². The fraction of sp³-hybridized carbons (Fsp3) is 0.500. The van der Waals surface area contributed by atoms with Gasteiger partial charge in [-0.1, -0.05) is 11.8 Å². The van der Waals surface area contributed by atoms with Crippen LogP contribution in [0.25, 0.3) is 0 Å². The van der Waals surface area contributed by atoms with Crippen LogP contribution < -0.4 is 0 Å². The number of carbonyl (C=O) groups is 3. The number of piperidine rings is 1. The zero-order valence-electron chi connectivity index (χ0n) is 11.5. The quantitative estimate of drug-likeness (QED) is 0.853. The van der Waals surface area contributed by atoms with Crippen LogP contribution in [0.15, 0.2) is 16.8 Å². The molecule has 0 atom stereocenters. The summed E-state index contributed by atoms with van der Waals surface area (Å²) in [5.74, 6) is 0.296. The second-order valence-electron chi connectivity index (χ2n) is 5.24. The molecular formula is C14H16N2O3S2. The molecule has 112 valence electrons. The summed E-state index contributed by atoms with van der Waals surface area (Å²) in [5.41, 5.74) is 1.05. The Hall–Kier alpha value is -1.34. The molecule has 2 aliphatic heterocycles. The maximum atomic E-state index is 12.2. The van der Waals surface area contributed by atoms with Gasteiger partial charge in [-0.3, -0.25) is 19.3 Å². The zero-order valence-corrected chi connectivity index (χ0v) is 13.1. The fourth-order valence-corrected chi connectivity index (χ4v) is 4.21. The molecule has 3 heterocycles. The number of amides is 3. The predicted octanol–water partition coefficient (Wildman–Crippen LogP) is 1.98. The van der Waals surface area contributed by atoms with Crippen LogP contribution in [0, 0.1) is 0 Å². The first-order valence-electron chi connectivity index (χ1n) is 6.93. The normalized spacial score (nSPS) is 20.4. The summed E-state index contributed by atoms with van der Waals surface area (Å²) >= 11 is 2.67. The Morgan fingerprint density at radius 3 is 2.62 bits per heavy atom. The molecule has 1 aromatic rings. The molecule has 1 aromatic heterocycles. The van der Waals surface area contributed by atoms with Crippen molar-refractivity contribution in [2.45, 2.75) is 25.3 Å². The maximum absolute atomic E-state index is 12.2. The van der Waals surface area contributed by atoms with Crippen LogP contribution in [0.1, 0.15) is 18.4 Å². The fourth-order valence-electron chi connectivity index (χ4n) is 2.77. The first kappa shape index (κ1) is 14.6. The van der Waals surface area contributed by atoms with Crippen LogP contribution in [-0.4, -0.2) is 51.7 Å². The van der Waals surface area contributed by atoms with Crippen LogP contribution in [0.5, 0.6) is 0 Å². The number of hydrogen-bond donors (Lipinski definition) is 0. The minimum Gasteiger partial charge on any atom is -0.342 e. The number of carbonyl (C=O) groups excluding carboxylic acids is 3. The molecule has 5 nitrogen and oxygen atoms in total. The van der Waals surface area contributed by atoms with Crippen LogP contribution in [0.4, 0.5) is 4.79 Å². The largest absolute Gasteiger partial charge is 0.342 e. The highest BCUT2D eigenvalue weighted by Gasteiger charge is 2.37. The van der Waals surface area contributed by atoms with Crippen LogP contribution in [0.3, 0.4) is 0 Å². The van der Waals surface area contributed by atoms with Gasteiger partial charge in [0.25, 0.3) is 5.24 Å². The molecule has 0 aliphatic carbocycles. The number of rotatable bonds is 3. The lowest BCUT2D eigenvalue weighted by molar-refractivity contribution is -0.132. The molecule has 3 rings (SSSR count). The van der Waals surface area contributed by atoms with E-state index in [1.54, 1.807) is 11.3 Å². The van der Waals surface area contributed by atoms with E-state index in [1.165, 1.54) is 4.90 Å². The van der Waals surface area contributed by atoms with E-state index in [0.29, 0.717) is 32.4 Å². The van der Waals surface area contributed by atoms with Gasteiger partial charge >= 0.3 is 0 Å². The summed E-state index contributed by atoms with van der Waals surface area (Å²) in [6.07, 6.45) is 1.81. The summed E-state index contributed by atoms with van der Waals surface area (Å²) in [5, 5.41) is 3.82. The van der Waals surface area contributed by atoms with Crippen molar-refractivity contribution in [3.63, 3.8) is 0 Å². The number of thiophene rings is 1. The molecule has 2 aliphatic rings. The van der Waals surface area contributed by atoms with Gasteiger partial charge in [0.15, 0.2) is 0 Å². The van der Waals surface area contributed by atoms with E-state index in [2.05, 4.69) is 0 Å². The van der Waals surface area contributed by atoms with Crippen molar-refractivity contribution < 1.29 is 14.4 Å². The third-order valence-electron chi connectivity index (χ3n) is 3.90. The topological polar surface area (TPSA) is 57.7 Å². The molecule has 0 unspecified atom stereocenters. The summed E-state index contributed by atoms with van der Waals surface area (Å²) in [7, 11) is 0. The van der Waals surface area contributed by atoms with Gasteiger partial charge in [-0.2, -0.15) is 11.3 Å². The molecule has 0 spiro atoms. The van der Waals surface area contributed by atoms with Gasteiger partial charge in [0, 0.05) is 19.1 Å². The first-order chi connectivity index (χ1) is 10.1.